The van der Waals surface area contributed by atoms with E-state index < -0.39 is 0 Å². The number of hydrogen-bond acceptors (Lipinski definition) is 4. The van der Waals surface area contributed by atoms with E-state index in [9.17, 15) is 4.79 Å². The Kier molecular flexibility index (Phi) is 7.23. The summed E-state index contributed by atoms with van der Waals surface area (Å²) in [7, 11) is 3.67. The highest BCUT2D eigenvalue weighted by Crippen LogP contribution is 2.28. The molecule has 0 saturated heterocycles. The fourth-order valence-corrected chi connectivity index (χ4v) is 4.11. The molecule has 1 N–H and O–H groups in total. The van der Waals surface area contributed by atoms with Gasteiger partial charge < -0.3 is 10.2 Å². The summed E-state index contributed by atoms with van der Waals surface area (Å²) in [6.07, 6.45) is 2.66. The van der Waals surface area contributed by atoms with Gasteiger partial charge in [-0.2, -0.15) is 0 Å². The summed E-state index contributed by atoms with van der Waals surface area (Å²) in [6, 6.07) is 10.3. The third-order valence-electron chi connectivity index (χ3n) is 5.45. The molecule has 0 bridgehead atoms. The summed E-state index contributed by atoms with van der Waals surface area (Å²) in [5.74, 6) is -0.0752. The first-order chi connectivity index (χ1) is 14.8. The van der Waals surface area contributed by atoms with Gasteiger partial charge in [0.1, 0.15) is 0 Å². The fraction of sp³-hybridized carbons (Fsp3) is 0.320. The standard InChI is InChI=1S/C25H30N4OS/c1-7-29(6)15-27-22-11-17(3)20(10-18(22)4)13-24-28-23(14-31-24)19-9-8-16(2)21(12-19)25(30)26-5/h8-12,14-15H,7,13H2,1-6H3,(H,26,30)/b27-15+. The monoisotopic (exact) mass is 434 g/mol. The lowest BCUT2D eigenvalue weighted by atomic mass is 10.0. The van der Waals surface area contributed by atoms with Crippen molar-refractivity contribution >= 4 is 29.3 Å². The Labute approximate surface area is 188 Å². The number of carbonyl (C=O) groups excluding carboxylic acids is 1. The van der Waals surface area contributed by atoms with Crippen molar-refractivity contribution in [3.8, 4) is 11.3 Å². The van der Waals surface area contributed by atoms with Crippen LogP contribution in [0, 0.1) is 20.8 Å². The van der Waals surface area contributed by atoms with Crippen LogP contribution in [0.15, 0.2) is 40.7 Å². The van der Waals surface area contributed by atoms with Crippen LogP contribution in [0.5, 0.6) is 0 Å². The third kappa shape index (κ3) is 5.39. The van der Waals surface area contributed by atoms with Gasteiger partial charge in [-0.25, -0.2) is 9.98 Å². The summed E-state index contributed by atoms with van der Waals surface area (Å²) in [4.78, 5) is 23.6. The zero-order valence-electron chi connectivity index (χ0n) is 19.1. The number of hydrogen-bond donors (Lipinski definition) is 1. The van der Waals surface area contributed by atoms with Gasteiger partial charge in [0.25, 0.3) is 5.91 Å². The lowest BCUT2D eigenvalue weighted by molar-refractivity contribution is 0.0962. The largest absolute Gasteiger partial charge is 0.366 e. The predicted molar refractivity (Wildman–Crippen MR) is 131 cm³/mol. The molecule has 0 saturated carbocycles. The van der Waals surface area contributed by atoms with Gasteiger partial charge in [-0.15, -0.1) is 11.3 Å². The first-order valence-electron chi connectivity index (χ1n) is 10.4. The van der Waals surface area contributed by atoms with Gasteiger partial charge in [0.2, 0.25) is 0 Å². The van der Waals surface area contributed by atoms with Crippen molar-refractivity contribution in [2.45, 2.75) is 34.1 Å². The number of nitrogens with one attached hydrogen (secondary N) is 1. The van der Waals surface area contributed by atoms with Gasteiger partial charge in [0.15, 0.2) is 0 Å². The fourth-order valence-electron chi connectivity index (χ4n) is 3.28. The molecule has 0 fully saturated rings. The summed E-state index contributed by atoms with van der Waals surface area (Å²) in [6.45, 7) is 9.20. The highest BCUT2D eigenvalue weighted by molar-refractivity contribution is 7.10. The number of aromatic nitrogens is 1. The summed E-state index contributed by atoms with van der Waals surface area (Å²) in [5, 5.41) is 5.83. The van der Waals surface area contributed by atoms with Crippen molar-refractivity contribution in [1.29, 1.82) is 0 Å². The Morgan fingerprint density at radius 2 is 1.94 bits per heavy atom. The van der Waals surface area contributed by atoms with Gasteiger partial charge in [0.05, 0.1) is 22.7 Å². The van der Waals surface area contributed by atoms with E-state index in [2.05, 4.69) is 53.5 Å². The highest BCUT2D eigenvalue weighted by Gasteiger charge is 2.12. The SMILES string of the molecule is CCN(C)/C=N/c1cc(C)c(Cc2nc(-c3ccc(C)c(C(=O)NC)c3)cs2)cc1C. The van der Waals surface area contributed by atoms with Crippen LogP contribution in [0.2, 0.25) is 0 Å². The smallest absolute Gasteiger partial charge is 0.251 e. The molecule has 1 heterocycles. The molecule has 6 heteroatoms. The number of carbonyl (C=O) groups is 1. The minimum absolute atomic E-state index is 0.0752. The molecule has 3 rings (SSSR count). The van der Waals surface area contributed by atoms with Crippen LogP contribution >= 0.6 is 11.3 Å². The lowest BCUT2D eigenvalue weighted by Crippen LogP contribution is -2.18. The van der Waals surface area contributed by atoms with Crippen molar-refractivity contribution in [2.75, 3.05) is 20.6 Å². The normalized spacial score (nSPS) is 11.2. The second kappa shape index (κ2) is 9.88. The first kappa shape index (κ1) is 22.7. The van der Waals surface area contributed by atoms with E-state index in [-0.39, 0.29) is 5.91 Å². The molecule has 0 radical (unpaired) electrons. The minimum Gasteiger partial charge on any atom is -0.366 e. The zero-order valence-corrected chi connectivity index (χ0v) is 19.9. The highest BCUT2D eigenvalue weighted by atomic mass is 32.1. The van der Waals surface area contributed by atoms with E-state index in [0.717, 1.165) is 46.0 Å². The van der Waals surface area contributed by atoms with Crippen LogP contribution < -0.4 is 5.32 Å². The predicted octanol–water partition coefficient (Wildman–Crippen LogP) is 5.30. The molecule has 0 aliphatic carbocycles. The maximum atomic E-state index is 12.1. The molecule has 1 aromatic heterocycles. The molecule has 1 amide bonds. The number of aryl methyl sites for hydroxylation is 3. The molecular weight excluding hydrogens is 404 g/mol. The molecule has 0 atom stereocenters. The number of amides is 1. The molecule has 5 nitrogen and oxygen atoms in total. The van der Waals surface area contributed by atoms with Gasteiger partial charge in [-0.1, -0.05) is 18.2 Å². The van der Waals surface area contributed by atoms with Gasteiger partial charge >= 0.3 is 0 Å². The van der Waals surface area contributed by atoms with Crippen molar-refractivity contribution in [1.82, 2.24) is 15.2 Å². The lowest BCUT2D eigenvalue weighted by Gasteiger charge is -2.11. The Bertz CT molecular complexity index is 1120. The van der Waals surface area contributed by atoms with E-state index in [0.29, 0.717) is 5.56 Å². The number of benzene rings is 2. The van der Waals surface area contributed by atoms with E-state index in [1.165, 1.54) is 11.1 Å². The van der Waals surface area contributed by atoms with Crippen molar-refractivity contribution in [2.24, 2.45) is 4.99 Å². The Morgan fingerprint density at radius 3 is 2.65 bits per heavy atom. The van der Waals surface area contributed by atoms with Crippen molar-refractivity contribution < 1.29 is 4.79 Å². The minimum atomic E-state index is -0.0752. The van der Waals surface area contributed by atoms with E-state index in [1.807, 2.05) is 38.5 Å². The maximum absolute atomic E-state index is 12.1. The van der Waals surface area contributed by atoms with Crippen LogP contribution in [0.3, 0.4) is 0 Å². The zero-order chi connectivity index (χ0) is 22.5. The molecule has 3 aromatic rings. The van der Waals surface area contributed by atoms with Crippen molar-refractivity contribution in [3.05, 3.63) is 68.5 Å². The number of aliphatic imine (C=N–C) groups is 1. The number of rotatable bonds is 7. The second-order valence-corrected chi connectivity index (χ2v) is 8.74. The molecule has 162 valence electrons. The second-order valence-electron chi connectivity index (χ2n) is 7.80. The van der Waals surface area contributed by atoms with Crippen LogP contribution in [-0.4, -0.2) is 42.8 Å². The number of nitrogens with zero attached hydrogens (tertiary/aromatic N) is 3. The molecule has 0 aliphatic heterocycles. The van der Waals surface area contributed by atoms with Gasteiger partial charge in [-0.05, 0) is 62.1 Å². The maximum Gasteiger partial charge on any atom is 0.251 e. The van der Waals surface area contributed by atoms with E-state index in [4.69, 9.17) is 4.98 Å². The average molecular weight is 435 g/mol. The van der Waals surface area contributed by atoms with Gasteiger partial charge in [-0.3, -0.25) is 4.79 Å². The van der Waals surface area contributed by atoms with Crippen LogP contribution in [0.25, 0.3) is 11.3 Å². The van der Waals surface area contributed by atoms with Crippen molar-refractivity contribution in [3.63, 3.8) is 0 Å². The molecular formula is C25H30N4OS. The molecule has 31 heavy (non-hydrogen) atoms. The first-order valence-corrected chi connectivity index (χ1v) is 11.3. The van der Waals surface area contributed by atoms with Gasteiger partial charge in [0, 0.05) is 43.6 Å². The summed E-state index contributed by atoms with van der Waals surface area (Å²) < 4.78 is 0. The van der Waals surface area contributed by atoms with E-state index in [1.54, 1.807) is 18.4 Å². The molecule has 0 aliphatic rings. The average Bonchev–Trinajstić information content (AvgIpc) is 3.23. The molecule has 2 aromatic carbocycles. The summed E-state index contributed by atoms with van der Waals surface area (Å²) in [5.41, 5.74) is 8.15. The molecule has 0 unspecified atom stereocenters. The third-order valence-corrected chi connectivity index (χ3v) is 6.29. The van der Waals surface area contributed by atoms with Crippen LogP contribution in [0.4, 0.5) is 5.69 Å². The quantitative estimate of drug-likeness (QED) is 0.406. The number of thiazole rings is 1. The Hall–Kier alpha value is -2.99. The van der Waals surface area contributed by atoms with Crippen LogP contribution in [-0.2, 0) is 6.42 Å². The van der Waals surface area contributed by atoms with Crippen LogP contribution in [0.1, 0.15) is 44.5 Å². The molecule has 0 spiro atoms. The van der Waals surface area contributed by atoms with E-state index >= 15 is 0 Å². The topological polar surface area (TPSA) is 57.6 Å². The Morgan fingerprint density at radius 1 is 1.16 bits per heavy atom. The Balaban J connectivity index is 1.82. The summed E-state index contributed by atoms with van der Waals surface area (Å²) >= 11 is 1.65.